The molecule has 1 fully saturated rings. The Hall–Kier alpha value is -1.04. The summed E-state index contributed by atoms with van der Waals surface area (Å²) in [7, 11) is 0. The van der Waals surface area contributed by atoms with Crippen molar-refractivity contribution in [2.75, 3.05) is 0 Å². The maximum atomic E-state index is 13.9. The molecule has 18 heavy (non-hydrogen) atoms. The predicted octanol–water partition coefficient (Wildman–Crippen LogP) is 3.76. The molecule has 1 aliphatic rings. The maximum absolute atomic E-state index is 13.9. The van der Waals surface area contributed by atoms with E-state index in [0.717, 1.165) is 6.07 Å². The lowest BCUT2D eigenvalue weighted by molar-refractivity contribution is -0.143. The van der Waals surface area contributed by atoms with E-state index in [9.17, 15) is 23.1 Å². The van der Waals surface area contributed by atoms with E-state index >= 15 is 0 Å². The van der Waals surface area contributed by atoms with Gasteiger partial charge in [-0.25, -0.2) is 13.2 Å². The molecule has 0 amide bonds. The Morgan fingerprint density at radius 1 is 1.22 bits per heavy atom. The molecular formula is C12H10BrF3O2. The van der Waals surface area contributed by atoms with Gasteiger partial charge in [-0.3, -0.25) is 4.79 Å². The van der Waals surface area contributed by atoms with Crippen molar-refractivity contribution in [1.82, 2.24) is 0 Å². The Balaban J connectivity index is 2.67. The SMILES string of the molecule is O=C(O)C1(c2cc(F)c(Br)c(F)c2F)CCCC1. The Labute approximate surface area is 110 Å². The van der Waals surface area contributed by atoms with Gasteiger partial charge in [0, 0.05) is 5.56 Å². The Kier molecular flexibility index (Phi) is 3.40. The molecule has 1 aliphatic carbocycles. The first-order valence-electron chi connectivity index (χ1n) is 5.47. The number of carbonyl (C=O) groups is 1. The van der Waals surface area contributed by atoms with Crippen molar-refractivity contribution in [1.29, 1.82) is 0 Å². The fraction of sp³-hybridized carbons (Fsp3) is 0.417. The zero-order chi connectivity index (χ0) is 13.5. The molecule has 0 aromatic heterocycles. The minimum absolute atomic E-state index is 0.194. The number of carboxylic acids is 1. The van der Waals surface area contributed by atoms with Gasteiger partial charge in [0.1, 0.15) is 5.82 Å². The second-order valence-electron chi connectivity index (χ2n) is 4.44. The summed E-state index contributed by atoms with van der Waals surface area (Å²) < 4.78 is 40.2. The van der Waals surface area contributed by atoms with Gasteiger partial charge in [-0.05, 0) is 34.8 Å². The van der Waals surface area contributed by atoms with Crippen LogP contribution in [-0.2, 0) is 10.2 Å². The molecule has 1 N–H and O–H groups in total. The second kappa shape index (κ2) is 4.57. The number of rotatable bonds is 2. The van der Waals surface area contributed by atoms with Crippen LogP contribution in [-0.4, -0.2) is 11.1 Å². The fourth-order valence-corrected chi connectivity index (χ4v) is 2.79. The van der Waals surface area contributed by atoms with Crippen LogP contribution in [0.5, 0.6) is 0 Å². The third kappa shape index (κ3) is 1.83. The number of hydrogen-bond donors (Lipinski definition) is 1. The van der Waals surface area contributed by atoms with Crippen LogP contribution in [0.1, 0.15) is 31.2 Å². The van der Waals surface area contributed by atoms with Crippen LogP contribution in [0.3, 0.4) is 0 Å². The summed E-state index contributed by atoms with van der Waals surface area (Å²) in [6.07, 6.45) is 1.59. The summed E-state index contributed by atoms with van der Waals surface area (Å²) in [5.74, 6) is -4.89. The van der Waals surface area contributed by atoms with Crippen LogP contribution in [0.2, 0.25) is 0 Å². The van der Waals surface area contributed by atoms with E-state index in [-0.39, 0.29) is 12.8 Å². The average Bonchev–Trinajstić information content (AvgIpc) is 2.81. The van der Waals surface area contributed by atoms with E-state index in [0.29, 0.717) is 12.8 Å². The normalized spacial score (nSPS) is 18.0. The molecule has 0 spiro atoms. The first-order valence-corrected chi connectivity index (χ1v) is 6.26. The van der Waals surface area contributed by atoms with Crippen molar-refractivity contribution >= 4 is 21.9 Å². The summed E-state index contributed by atoms with van der Waals surface area (Å²) in [5.41, 5.74) is -1.90. The zero-order valence-corrected chi connectivity index (χ0v) is 10.9. The largest absolute Gasteiger partial charge is 0.481 e. The van der Waals surface area contributed by atoms with Gasteiger partial charge >= 0.3 is 5.97 Å². The highest BCUT2D eigenvalue weighted by Crippen LogP contribution is 2.44. The number of aliphatic carboxylic acids is 1. The Bertz CT molecular complexity index is 511. The van der Waals surface area contributed by atoms with Crippen LogP contribution in [0.25, 0.3) is 0 Å². The Morgan fingerprint density at radius 2 is 1.78 bits per heavy atom. The molecule has 0 saturated heterocycles. The van der Waals surface area contributed by atoms with Gasteiger partial charge in [0.2, 0.25) is 0 Å². The molecule has 2 nitrogen and oxygen atoms in total. The van der Waals surface area contributed by atoms with Crippen molar-refractivity contribution in [2.24, 2.45) is 0 Å². The summed E-state index contributed by atoms with van der Waals surface area (Å²) in [5, 5.41) is 9.27. The molecule has 98 valence electrons. The molecule has 1 aromatic carbocycles. The molecular weight excluding hydrogens is 313 g/mol. The standard InChI is InChI=1S/C12H10BrF3O2/c13-8-7(14)5-6(9(15)10(8)16)12(11(17)18)3-1-2-4-12/h5H,1-4H2,(H,17,18). The van der Waals surface area contributed by atoms with Crippen LogP contribution >= 0.6 is 15.9 Å². The molecule has 0 atom stereocenters. The van der Waals surface area contributed by atoms with Crippen LogP contribution in [0.4, 0.5) is 13.2 Å². The van der Waals surface area contributed by atoms with E-state index in [2.05, 4.69) is 15.9 Å². The van der Waals surface area contributed by atoms with Gasteiger partial charge in [0.15, 0.2) is 11.6 Å². The summed E-state index contributed by atoms with van der Waals surface area (Å²) in [6.45, 7) is 0. The topological polar surface area (TPSA) is 37.3 Å². The fourth-order valence-electron chi connectivity index (χ4n) is 2.50. The van der Waals surface area contributed by atoms with Crippen molar-refractivity contribution in [2.45, 2.75) is 31.1 Å². The summed E-state index contributed by atoms with van der Waals surface area (Å²) in [4.78, 5) is 11.4. The first kappa shape index (κ1) is 13.4. The number of halogens is 4. The van der Waals surface area contributed by atoms with Crippen molar-refractivity contribution in [3.63, 3.8) is 0 Å². The zero-order valence-electron chi connectivity index (χ0n) is 9.27. The minimum atomic E-state index is -1.51. The third-order valence-electron chi connectivity index (χ3n) is 3.48. The maximum Gasteiger partial charge on any atom is 0.314 e. The highest BCUT2D eigenvalue weighted by molar-refractivity contribution is 9.10. The van der Waals surface area contributed by atoms with Gasteiger partial charge in [-0.1, -0.05) is 12.8 Å². The molecule has 1 saturated carbocycles. The number of hydrogen-bond acceptors (Lipinski definition) is 1. The van der Waals surface area contributed by atoms with Gasteiger partial charge < -0.3 is 5.11 Å². The molecule has 0 radical (unpaired) electrons. The van der Waals surface area contributed by atoms with E-state index in [1.54, 1.807) is 0 Å². The average molecular weight is 323 g/mol. The quantitative estimate of drug-likeness (QED) is 0.665. The van der Waals surface area contributed by atoms with Crippen LogP contribution in [0, 0.1) is 17.5 Å². The first-order chi connectivity index (χ1) is 8.40. The second-order valence-corrected chi connectivity index (χ2v) is 5.24. The molecule has 6 heteroatoms. The Morgan fingerprint density at radius 3 is 2.28 bits per heavy atom. The monoisotopic (exact) mass is 322 g/mol. The van der Waals surface area contributed by atoms with Crippen LogP contribution in [0.15, 0.2) is 10.5 Å². The minimum Gasteiger partial charge on any atom is -0.481 e. The lowest BCUT2D eigenvalue weighted by Gasteiger charge is -2.25. The lowest BCUT2D eigenvalue weighted by atomic mass is 9.78. The molecule has 0 heterocycles. The molecule has 0 bridgehead atoms. The number of carboxylic acid groups (broad SMARTS) is 1. The van der Waals surface area contributed by atoms with Crippen molar-refractivity contribution in [3.05, 3.63) is 33.6 Å². The lowest BCUT2D eigenvalue weighted by Crippen LogP contribution is -2.34. The van der Waals surface area contributed by atoms with E-state index in [1.807, 2.05) is 0 Å². The van der Waals surface area contributed by atoms with Gasteiger partial charge in [-0.15, -0.1) is 0 Å². The van der Waals surface area contributed by atoms with E-state index in [4.69, 9.17) is 0 Å². The highest BCUT2D eigenvalue weighted by Gasteiger charge is 2.46. The van der Waals surface area contributed by atoms with Crippen LogP contribution < -0.4 is 0 Å². The van der Waals surface area contributed by atoms with E-state index < -0.39 is 38.9 Å². The predicted molar refractivity (Wildman–Crippen MR) is 61.8 cm³/mol. The van der Waals surface area contributed by atoms with E-state index in [1.165, 1.54) is 0 Å². The molecule has 0 unspecified atom stereocenters. The molecule has 2 rings (SSSR count). The van der Waals surface area contributed by atoms with Crippen molar-refractivity contribution < 1.29 is 23.1 Å². The highest BCUT2D eigenvalue weighted by atomic mass is 79.9. The van der Waals surface area contributed by atoms with Gasteiger partial charge in [-0.2, -0.15) is 0 Å². The van der Waals surface area contributed by atoms with Gasteiger partial charge in [0.05, 0.1) is 9.89 Å². The third-order valence-corrected chi connectivity index (χ3v) is 4.21. The smallest absolute Gasteiger partial charge is 0.314 e. The molecule has 0 aliphatic heterocycles. The van der Waals surface area contributed by atoms with Gasteiger partial charge in [0.25, 0.3) is 0 Å². The summed E-state index contributed by atoms with van der Waals surface area (Å²) in [6, 6.07) is 0.780. The summed E-state index contributed by atoms with van der Waals surface area (Å²) >= 11 is 2.59. The molecule has 1 aromatic rings. The van der Waals surface area contributed by atoms with Crippen molar-refractivity contribution in [3.8, 4) is 0 Å². The number of benzene rings is 1.